The number of anilines is 1. The molecule has 0 atom stereocenters. The number of phenolic OH excluding ortho intramolecular Hbond substituents is 1. The molecule has 3 aromatic rings. The van der Waals surface area contributed by atoms with Gasteiger partial charge in [-0.25, -0.2) is 4.98 Å². The van der Waals surface area contributed by atoms with Crippen LogP contribution in [0.1, 0.15) is 43.2 Å². The lowest BCUT2D eigenvalue weighted by Gasteiger charge is -2.29. The van der Waals surface area contributed by atoms with E-state index in [1.807, 2.05) is 30.3 Å². The van der Waals surface area contributed by atoms with Gasteiger partial charge in [0.25, 0.3) is 5.56 Å². The maximum atomic E-state index is 12.8. The summed E-state index contributed by atoms with van der Waals surface area (Å²) in [5, 5.41) is 10.8. The monoisotopic (exact) mass is 404 g/mol. The van der Waals surface area contributed by atoms with Gasteiger partial charge in [-0.05, 0) is 35.2 Å². The van der Waals surface area contributed by atoms with Crippen molar-refractivity contribution in [2.75, 3.05) is 12.3 Å². The highest BCUT2D eigenvalue weighted by Gasteiger charge is 2.24. The van der Waals surface area contributed by atoms with Gasteiger partial charge in [-0.15, -0.1) is 0 Å². The van der Waals surface area contributed by atoms with Crippen LogP contribution in [-0.2, 0) is 24.9 Å². The zero-order valence-electron chi connectivity index (χ0n) is 17.7. The molecule has 30 heavy (non-hydrogen) atoms. The number of fused-ring (bicyclic) bond motifs is 1. The third-order valence-corrected chi connectivity index (χ3v) is 5.65. The zero-order valence-corrected chi connectivity index (χ0v) is 17.7. The summed E-state index contributed by atoms with van der Waals surface area (Å²) < 4.78 is 0. The maximum absolute atomic E-state index is 12.8. The summed E-state index contributed by atoms with van der Waals surface area (Å²) in [4.78, 5) is 22.6. The van der Waals surface area contributed by atoms with Gasteiger partial charge in [0.1, 0.15) is 11.6 Å². The Labute approximate surface area is 176 Å². The number of aromatic nitrogens is 2. The van der Waals surface area contributed by atoms with Crippen molar-refractivity contribution < 1.29 is 5.11 Å². The van der Waals surface area contributed by atoms with Crippen molar-refractivity contribution in [2.24, 2.45) is 0 Å². The highest BCUT2D eigenvalue weighted by atomic mass is 16.3. The molecule has 0 bridgehead atoms. The molecule has 1 aliphatic rings. The van der Waals surface area contributed by atoms with Gasteiger partial charge in [-0.1, -0.05) is 39.0 Å². The van der Waals surface area contributed by atoms with E-state index in [9.17, 15) is 9.90 Å². The molecule has 0 spiro atoms. The molecule has 156 valence electrons. The number of hydrogen-bond donors (Lipinski definition) is 3. The first-order chi connectivity index (χ1) is 14.2. The van der Waals surface area contributed by atoms with Crippen molar-refractivity contribution in [3.05, 3.63) is 75.2 Å². The summed E-state index contributed by atoms with van der Waals surface area (Å²) in [7, 11) is 0. The van der Waals surface area contributed by atoms with E-state index in [1.165, 1.54) is 0 Å². The molecule has 1 aliphatic heterocycles. The second-order valence-corrected chi connectivity index (χ2v) is 8.99. The normalized spacial score (nSPS) is 14.5. The Bertz CT molecular complexity index is 1130. The second kappa shape index (κ2) is 7.61. The lowest BCUT2D eigenvalue weighted by molar-refractivity contribution is 0.238. The molecular formula is C24H28N4O2. The molecule has 2 aromatic carbocycles. The molecule has 0 aliphatic carbocycles. The van der Waals surface area contributed by atoms with Crippen molar-refractivity contribution in [2.45, 2.75) is 45.7 Å². The van der Waals surface area contributed by atoms with Crippen LogP contribution in [0.2, 0.25) is 0 Å². The Morgan fingerprint density at radius 2 is 1.90 bits per heavy atom. The van der Waals surface area contributed by atoms with Gasteiger partial charge in [0.05, 0.1) is 11.3 Å². The van der Waals surface area contributed by atoms with Crippen molar-refractivity contribution in [3.8, 4) is 17.1 Å². The minimum absolute atomic E-state index is 0.107. The number of nitrogen functional groups attached to an aromatic ring is 1. The summed E-state index contributed by atoms with van der Waals surface area (Å²) in [6, 6.07) is 13.2. The van der Waals surface area contributed by atoms with E-state index >= 15 is 0 Å². The molecule has 0 unspecified atom stereocenters. The molecule has 0 fully saturated rings. The molecule has 1 aromatic heterocycles. The number of nitrogens with zero attached hydrogens (tertiary/aromatic N) is 2. The van der Waals surface area contributed by atoms with Crippen LogP contribution in [0.4, 0.5) is 5.69 Å². The van der Waals surface area contributed by atoms with Gasteiger partial charge < -0.3 is 15.8 Å². The number of nitrogens with one attached hydrogen (secondary N) is 1. The Morgan fingerprint density at radius 3 is 2.60 bits per heavy atom. The summed E-state index contributed by atoms with van der Waals surface area (Å²) in [6.07, 6.45) is 0.695. The Kier molecular flexibility index (Phi) is 5.12. The number of benzene rings is 2. The van der Waals surface area contributed by atoms with Crippen LogP contribution >= 0.6 is 0 Å². The number of para-hydroxylation sites is 1. The second-order valence-electron chi connectivity index (χ2n) is 8.99. The van der Waals surface area contributed by atoms with Crippen LogP contribution in [0.3, 0.4) is 0 Å². The third kappa shape index (κ3) is 3.96. The van der Waals surface area contributed by atoms with Gasteiger partial charge in [0, 0.05) is 42.9 Å². The summed E-state index contributed by atoms with van der Waals surface area (Å²) in [6.45, 7) is 8.16. The van der Waals surface area contributed by atoms with Crippen LogP contribution in [-0.4, -0.2) is 26.5 Å². The standard InChI is InChI=1S/C24H28N4O2/c1-24(2,3)19-6-4-5-16(21(19)29)13-28-12-11-20-18(14-28)23(30)27-22(26-20)15-7-9-17(25)10-8-15/h4-10,29H,11-14,25H2,1-3H3,(H,26,27,30). The topological polar surface area (TPSA) is 95.2 Å². The number of aromatic hydroxyl groups is 1. The molecule has 0 amide bonds. The van der Waals surface area contributed by atoms with Gasteiger partial charge in [0.2, 0.25) is 0 Å². The number of nitrogens with two attached hydrogens (primary N) is 1. The molecule has 0 saturated heterocycles. The van der Waals surface area contributed by atoms with E-state index in [-0.39, 0.29) is 11.0 Å². The van der Waals surface area contributed by atoms with E-state index in [4.69, 9.17) is 10.7 Å². The van der Waals surface area contributed by atoms with E-state index in [1.54, 1.807) is 12.1 Å². The average molecular weight is 405 g/mol. The van der Waals surface area contributed by atoms with Crippen LogP contribution in [0.25, 0.3) is 11.4 Å². The molecule has 0 radical (unpaired) electrons. The average Bonchev–Trinajstić information content (AvgIpc) is 2.69. The molecule has 6 heteroatoms. The number of rotatable bonds is 3. The molecule has 2 heterocycles. The first-order valence-corrected chi connectivity index (χ1v) is 10.2. The first-order valence-electron chi connectivity index (χ1n) is 10.2. The minimum atomic E-state index is -0.131. The predicted molar refractivity (Wildman–Crippen MR) is 119 cm³/mol. The van der Waals surface area contributed by atoms with Gasteiger partial charge in [-0.2, -0.15) is 0 Å². The predicted octanol–water partition coefficient (Wildman–Crippen LogP) is 3.58. The van der Waals surface area contributed by atoms with Crippen molar-refractivity contribution in [1.29, 1.82) is 0 Å². The van der Waals surface area contributed by atoms with E-state index in [2.05, 4.69) is 30.7 Å². The summed E-state index contributed by atoms with van der Waals surface area (Å²) in [5.41, 5.74) is 10.4. The van der Waals surface area contributed by atoms with Crippen LogP contribution in [0.5, 0.6) is 5.75 Å². The number of aromatic amines is 1. The molecular weight excluding hydrogens is 376 g/mol. The highest BCUT2D eigenvalue weighted by molar-refractivity contribution is 5.58. The Hall–Kier alpha value is -3.12. The molecule has 6 nitrogen and oxygen atoms in total. The third-order valence-electron chi connectivity index (χ3n) is 5.65. The SMILES string of the molecule is CC(C)(C)c1cccc(CN2CCc3nc(-c4ccc(N)cc4)[nH]c(=O)c3C2)c1O. The molecule has 4 N–H and O–H groups in total. The lowest BCUT2D eigenvalue weighted by atomic mass is 9.85. The number of phenols is 1. The summed E-state index contributed by atoms with van der Waals surface area (Å²) in [5.74, 6) is 0.921. The molecule has 4 rings (SSSR count). The van der Waals surface area contributed by atoms with Crippen molar-refractivity contribution in [3.63, 3.8) is 0 Å². The van der Waals surface area contributed by atoms with Gasteiger partial charge in [-0.3, -0.25) is 9.69 Å². The van der Waals surface area contributed by atoms with Crippen LogP contribution < -0.4 is 11.3 Å². The maximum Gasteiger partial charge on any atom is 0.255 e. The molecule has 0 saturated carbocycles. The van der Waals surface area contributed by atoms with Crippen LogP contribution in [0.15, 0.2) is 47.3 Å². The van der Waals surface area contributed by atoms with E-state index in [0.717, 1.165) is 28.9 Å². The highest BCUT2D eigenvalue weighted by Crippen LogP contribution is 2.34. The first kappa shape index (κ1) is 20.2. The largest absolute Gasteiger partial charge is 0.507 e. The minimum Gasteiger partial charge on any atom is -0.507 e. The summed E-state index contributed by atoms with van der Waals surface area (Å²) >= 11 is 0. The fourth-order valence-corrected chi connectivity index (χ4v) is 3.96. The fraction of sp³-hybridized carbons (Fsp3) is 0.333. The Balaban J connectivity index is 1.58. The zero-order chi connectivity index (χ0) is 21.5. The van der Waals surface area contributed by atoms with Crippen molar-refractivity contribution >= 4 is 5.69 Å². The Morgan fingerprint density at radius 1 is 1.17 bits per heavy atom. The van der Waals surface area contributed by atoms with E-state index < -0.39 is 0 Å². The van der Waals surface area contributed by atoms with Gasteiger partial charge in [0.15, 0.2) is 0 Å². The number of H-pyrrole nitrogens is 1. The quantitative estimate of drug-likeness (QED) is 0.580. The smallest absolute Gasteiger partial charge is 0.255 e. The van der Waals surface area contributed by atoms with Crippen LogP contribution in [0, 0.1) is 0 Å². The fourth-order valence-electron chi connectivity index (χ4n) is 3.96. The lowest BCUT2D eigenvalue weighted by Crippen LogP contribution is -2.35. The number of hydrogen-bond acceptors (Lipinski definition) is 5. The van der Waals surface area contributed by atoms with E-state index in [0.29, 0.717) is 42.3 Å². The van der Waals surface area contributed by atoms with Gasteiger partial charge >= 0.3 is 0 Å². The van der Waals surface area contributed by atoms with Crippen molar-refractivity contribution in [1.82, 2.24) is 14.9 Å².